The molecule has 6 heteroatoms. The molecule has 3 rings (SSSR count). The Morgan fingerprint density at radius 3 is 2.92 bits per heavy atom. The lowest BCUT2D eigenvalue weighted by atomic mass is 10.2. The lowest BCUT2D eigenvalue weighted by molar-refractivity contribution is -0.116. The van der Waals surface area contributed by atoms with Gasteiger partial charge in [0.1, 0.15) is 18.5 Å². The first-order valence-electron chi connectivity index (χ1n) is 7.83. The van der Waals surface area contributed by atoms with Gasteiger partial charge in [-0.2, -0.15) is 0 Å². The molecule has 2 aromatic rings. The van der Waals surface area contributed by atoms with Crippen molar-refractivity contribution < 1.29 is 19.0 Å². The fourth-order valence-corrected chi connectivity index (χ4v) is 2.82. The zero-order valence-corrected chi connectivity index (χ0v) is 15.3. The molecular weight excluding hydrogens is 386 g/mol. The number of rotatable bonds is 5. The molecular formula is C19H18BrNO4. The van der Waals surface area contributed by atoms with Crippen molar-refractivity contribution in [3.8, 4) is 17.2 Å². The lowest BCUT2D eigenvalue weighted by Crippen LogP contribution is -2.40. The van der Waals surface area contributed by atoms with E-state index < -0.39 is 0 Å². The first kappa shape index (κ1) is 17.4. The molecule has 1 N–H and O–H groups in total. The van der Waals surface area contributed by atoms with Crippen LogP contribution in [0.25, 0.3) is 6.08 Å². The SMILES string of the molecule is COc1ccc(Br)cc1C=CC(=O)NCC1COc2ccccc2O1. The third kappa shape index (κ3) is 4.54. The Kier molecular flexibility index (Phi) is 5.60. The number of halogens is 1. The number of carbonyl (C=O) groups excluding carboxylic acids is 1. The third-order valence-corrected chi connectivity index (χ3v) is 4.17. The highest BCUT2D eigenvalue weighted by Gasteiger charge is 2.20. The minimum atomic E-state index is -0.215. The van der Waals surface area contributed by atoms with Crippen molar-refractivity contribution in [1.82, 2.24) is 5.32 Å². The van der Waals surface area contributed by atoms with Crippen LogP contribution in [0.3, 0.4) is 0 Å². The van der Waals surface area contributed by atoms with Crippen molar-refractivity contribution in [3.05, 3.63) is 58.6 Å². The van der Waals surface area contributed by atoms with Crippen molar-refractivity contribution in [2.75, 3.05) is 20.3 Å². The van der Waals surface area contributed by atoms with Crippen LogP contribution in [0.2, 0.25) is 0 Å². The van der Waals surface area contributed by atoms with E-state index in [9.17, 15) is 4.79 Å². The number of carbonyl (C=O) groups is 1. The largest absolute Gasteiger partial charge is 0.496 e. The number of benzene rings is 2. The van der Waals surface area contributed by atoms with E-state index in [1.165, 1.54) is 6.08 Å². The minimum Gasteiger partial charge on any atom is -0.496 e. The molecule has 0 spiro atoms. The molecule has 1 atom stereocenters. The van der Waals surface area contributed by atoms with Crippen LogP contribution in [0, 0.1) is 0 Å². The van der Waals surface area contributed by atoms with E-state index in [2.05, 4.69) is 21.2 Å². The van der Waals surface area contributed by atoms with Gasteiger partial charge in [-0.15, -0.1) is 0 Å². The molecule has 0 fully saturated rings. The number of hydrogen-bond donors (Lipinski definition) is 1. The van der Waals surface area contributed by atoms with E-state index in [4.69, 9.17) is 14.2 Å². The van der Waals surface area contributed by atoms with Crippen LogP contribution in [0.5, 0.6) is 17.2 Å². The molecule has 1 unspecified atom stereocenters. The van der Waals surface area contributed by atoms with Gasteiger partial charge in [0.25, 0.3) is 0 Å². The summed E-state index contributed by atoms with van der Waals surface area (Å²) in [5.41, 5.74) is 0.818. The van der Waals surface area contributed by atoms with Crippen molar-refractivity contribution >= 4 is 27.9 Å². The molecule has 2 aromatic carbocycles. The molecule has 0 aliphatic carbocycles. The fourth-order valence-electron chi connectivity index (χ4n) is 2.44. The Labute approximate surface area is 154 Å². The van der Waals surface area contributed by atoms with Crippen LogP contribution in [0.15, 0.2) is 53.0 Å². The summed E-state index contributed by atoms with van der Waals surface area (Å²) in [4.78, 5) is 12.0. The summed E-state index contributed by atoms with van der Waals surface area (Å²) < 4.78 is 17.6. The molecule has 5 nitrogen and oxygen atoms in total. The first-order chi connectivity index (χ1) is 12.2. The summed E-state index contributed by atoms with van der Waals surface area (Å²) in [5.74, 6) is 1.92. The highest BCUT2D eigenvalue weighted by atomic mass is 79.9. The van der Waals surface area contributed by atoms with E-state index in [1.54, 1.807) is 13.2 Å². The Hall–Kier alpha value is -2.47. The van der Waals surface area contributed by atoms with Gasteiger partial charge in [-0.25, -0.2) is 0 Å². The molecule has 0 aromatic heterocycles. The maximum atomic E-state index is 12.0. The van der Waals surface area contributed by atoms with Gasteiger partial charge in [0.05, 0.1) is 13.7 Å². The van der Waals surface area contributed by atoms with Crippen molar-refractivity contribution in [3.63, 3.8) is 0 Å². The van der Waals surface area contributed by atoms with E-state index in [-0.39, 0.29) is 12.0 Å². The predicted octanol–water partition coefficient (Wildman–Crippen LogP) is 3.43. The summed E-state index contributed by atoms with van der Waals surface area (Å²) >= 11 is 3.41. The smallest absolute Gasteiger partial charge is 0.244 e. The van der Waals surface area contributed by atoms with Crippen LogP contribution in [-0.4, -0.2) is 32.3 Å². The molecule has 0 bridgehead atoms. The topological polar surface area (TPSA) is 56.8 Å². The van der Waals surface area contributed by atoms with Crippen LogP contribution in [0.4, 0.5) is 0 Å². The van der Waals surface area contributed by atoms with Gasteiger partial charge in [0, 0.05) is 16.1 Å². The summed E-state index contributed by atoms with van der Waals surface area (Å²) in [6.45, 7) is 0.771. The van der Waals surface area contributed by atoms with Gasteiger partial charge >= 0.3 is 0 Å². The van der Waals surface area contributed by atoms with Crippen LogP contribution >= 0.6 is 15.9 Å². The second-order valence-corrected chi connectivity index (χ2v) is 6.38. The van der Waals surface area contributed by atoms with Gasteiger partial charge in [-0.05, 0) is 36.4 Å². The number of hydrogen-bond acceptors (Lipinski definition) is 4. The number of amides is 1. The molecule has 25 heavy (non-hydrogen) atoms. The van der Waals surface area contributed by atoms with Gasteiger partial charge in [0.15, 0.2) is 11.5 Å². The maximum Gasteiger partial charge on any atom is 0.244 e. The number of ether oxygens (including phenoxy) is 3. The summed E-state index contributed by atoms with van der Waals surface area (Å²) in [7, 11) is 1.60. The fraction of sp³-hybridized carbons (Fsp3) is 0.211. The molecule has 0 saturated carbocycles. The van der Waals surface area contributed by atoms with Gasteiger partial charge in [-0.3, -0.25) is 4.79 Å². The average Bonchev–Trinajstić information content (AvgIpc) is 2.64. The number of para-hydroxylation sites is 2. The van der Waals surface area contributed by atoms with Crippen LogP contribution < -0.4 is 19.5 Å². The zero-order chi connectivity index (χ0) is 17.6. The molecule has 1 aliphatic heterocycles. The average molecular weight is 404 g/mol. The zero-order valence-electron chi connectivity index (χ0n) is 13.7. The summed E-state index contributed by atoms with van der Waals surface area (Å²) in [6, 6.07) is 13.1. The normalized spacial score (nSPS) is 15.8. The Morgan fingerprint density at radius 2 is 2.12 bits per heavy atom. The number of fused-ring (bicyclic) bond motifs is 1. The standard InChI is InChI=1S/C19H18BrNO4/c1-23-16-8-7-14(20)10-13(16)6-9-19(22)21-11-15-12-24-17-4-2-3-5-18(17)25-15/h2-10,15H,11-12H2,1H3,(H,21,22). The minimum absolute atomic E-state index is 0.204. The van der Waals surface area contributed by atoms with Gasteiger partial charge < -0.3 is 19.5 Å². The Morgan fingerprint density at radius 1 is 1.32 bits per heavy atom. The lowest BCUT2D eigenvalue weighted by Gasteiger charge is -2.26. The molecule has 1 amide bonds. The quantitative estimate of drug-likeness (QED) is 0.776. The monoisotopic (exact) mass is 403 g/mol. The maximum absolute atomic E-state index is 12.0. The molecule has 1 heterocycles. The first-order valence-corrected chi connectivity index (χ1v) is 8.63. The highest BCUT2D eigenvalue weighted by molar-refractivity contribution is 9.10. The number of nitrogens with one attached hydrogen (secondary N) is 1. The van der Waals surface area contributed by atoms with E-state index >= 15 is 0 Å². The molecule has 130 valence electrons. The van der Waals surface area contributed by atoms with Gasteiger partial charge in [-0.1, -0.05) is 28.1 Å². The second kappa shape index (κ2) is 8.07. The van der Waals surface area contributed by atoms with Crippen molar-refractivity contribution in [1.29, 1.82) is 0 Å². The van der Waals surface area contributed by atoms with Crippen LogP contribution in [-0.2, 0) is 4.79 Å². The highest BCUT2D eigenvalue weighted by Crippen LogP contribution is 2.30. The van der Waals surface area contributed by atoms with E-state index in [0.29, 0.717) is 24.7 Å². The molecule has 0 radical (unpaired) electrons. The van der Waals surface area contributed by atoms with E-state index in [1.807, 2.05) is 42.5 Å². The Balaban J connectivity index is 1.54. The van der Waals surface area contributed by atoms with Crippen molar-refractivity contribution in [2.45, 2.75) is 6.10 Å². The third-order valence-electron chi connectivity index (χ3n) is 3.68. The predicted molar refractivity (Wildman–Crippen MR) is 99.1 cm³/mol. The number of methoxy groups -OCH3 is 1. The van der Waals surface area contributed by atoms with E-state index in [0.717, 1.165) is 15.8 Å². The second-order valence-electron chi connectivity index (χ2n) is 5.46. The summed E-state index contributed by atoms with van der Waals surface area (Å²) in [5, 5.41) is 2.82. The molecule has 1 aliphatic rings. The van der Waals surface area contributed by atoms with Crippen molar-refractivity contribution in [2.24, 2.45) is 0 Å². The summed E-state index contributed by atoms with van der Waals surface area (Å²) in [6.07, 6.45) is 2.97. The van der Waals surface area contributed by atoms with Gasteiger partial charge in [0.2, 0.25) is 5.91 Å². The van der Waals surface area contributed by atoms with Crippen LogP contribution in [0.1, 0.15) is 5.56 Å². The Bertz CT molecular complexity index is 791. The molecule has 0 saturated heterocycles.